The van der Waals surface area contributed by atoms with Crippen LogP contribution in [0, 0.1) is 0 Å². The van der Waals surface area contributed by atoms with Crippen molar-refractivity contribution in [2.24, 2.45) is 0 Å². The van der Waals surface area contributed by atoms with Crippen molar-refractivity contribution in [2.75, 3.05) is 9.80 Å². The molecule has 0 saturated carbocycles. The van der Waals surface area contributed by atoms with Gasteiger partial charge >= 0.3 is 0 Å². The third-order valence-electron chi connectivity index (χ3n) is 10.9. The lowest BCUT2D eigenvalue weighted by Crippen LogP contribution is -2.24. The van der Waals surface area contributed by atoms with Gasteiger partial charge in [-0.15, -0.1) is 0 Å². The van der Waals surface area contributed by atoms with Crippen LogP contribution >= 0.6 is 0 Å². The second kappa shape index (κ2) is 11.7. The maximum atomic E-state index is 2.47. The highest BCUT2D eigenvalue weighted by atomic mass is 15.3. The molecular formula is C50H33N3. The molecule has 0 N–H and O–H groups in total. The summed E-state index contributed by atoms with van der Waals surface area (Å²) in [6.07, 6.45) is 0. The second-order valence-electron chi connectivity index (χ2n) is 13.7. The van der Waals surface area contributed by atoms with Gasteiger partial charge in [-0.1, -0.05) is 140 Å². The molecule has 10 aromatic rings. The molecule has 2 heterocycles. The van der Waals surface area contributed by atoms with E-state index < -0.39 is 0 Å². The van der Waals surface area contributed by atoms with Crippen LogP contribution in [0.25, 0.3) is 60.2 Å². The third kappa shape index (κ3) is 4.47. The quantitative estimate of drug-likeness (QED) is 0.172. The van der Waals surface area contributed by atoms with E-state index in [-0.39, 0.29) is 0 Å². The Hall–Kier alpha value is -7.10. The molecule has 0 fully saturated rings. The van der Waals surface area contributed by atoms with Crippen LogP contribution in [0.2, 0.25) is 0 Å². The molecule has 0 spiro atoms. The first-order valence-corrected chi connectivity index (χ1v) is 18.2. The van der Waals surface area contributed by atoms with Gasteiger partial charge in [-0.05, 0) is 82.6 Å². The number of fused-ring (bicyclic) bond motifs is 10. The van der Waals surface area contributed by atoms with Crippen LogP contribution in [0.4, 0.5) is 34.1 Å². The first kappa shape index (κ1) is 29.6. The predicted octanol–water partition coefficient (Wildman–Crippen LogP) is 14.0. The molecule has 53 heavy (non-hydrogen) atoms. The molecule has 0 amide bonds. The second-order valence-corrected chi connectivity index (χ2v) is 13.7. The van der Waals surface area contributed by atoms with Crippen LogP contribution in [-0.2, 0) is 0 Å². The minimum atomic E-state index is 1.12. The van der Waals surface area contributed by atoms with Crippen molar-refractivity contribution < 1.29 is 0 Å². The summed E-state index contributed by atoms with van der Waals surface area (Å²) in [5, 5.41) is 7.50. The van der Waals surface area contributed by atoms with Gasteiger partial charge in [-0.25, -0.2) is 0 Å². The summed E-state index contributed by atoms with van der Waals surface area (Å²) >= 11 is 0. The van der Waals surface area contributed by atoms with Gasteiger partial charge in [0.1, 0.15) is 0 Å². The Bertz CT molecular complexity index is 2940. The van der Waals surface area contributed by atoms with Crippen LogP contribution < -0.4 is 9.80 Å². The average molecular weight is 676 g/mol. The highest BCUT2D eigenvalue weighted by Crippen LogP contribution is 2.59. The minimum absolute atomic E-state index is 1.12. The highest BCUT2D eigenvalue weighted by molar-refractivity contribution is 6.25. The SMILES string of the molecule is c1ccc(N2c3ccccc3N(c3ccc(-c4ccc(-n5c6ccccc6c6ccccc65)cc4)cc3)c3c2c2ccccc2c2ccccc32)cc1. The van der Waals surface area contributed by atoms with Crippen molar-refractivity contribution >= 4 is 77.5 Å². The Morgan fingerprint density at radius 2 is 0.604 bits per heavy atom. The van der Waals surface area contributed by atoms with Gasteiger partial charge in [0.2, 0.25) is 0 Å². The van der Waals surface area contributed by atoms with E-state index in [1.807, 2.05) is 0 Å². The van der Waals surface area contributed by atoms with Crippen molar-refractivity contribution in [2.45, 2.75) is 0 Å². The third-order valence-corrected chi connectivity index (χ3v) is 10.9. The number of hydrogen-bond acceptors (Lipinski definition) is 2. The molecule has 0 unspecified atom stereocenters. The van der Waals surface area contributed by atoms with Crippen molar-refractivity contribution in [3.05, 3.63) is 200 Å². The summed E-state index contributed by atoms with van der Waals surface area (Å²) < 4.78 is 2.37. The van der Waals surface area contributed by atoms with E-state index in [1.54, 1.807) is 0 Å². The fourth-order valence-corrected chi connectivity index (χ4v) is 8.56. The van der Waals surface area contributed by atoms with E-state index in [0.717, 1.165) is 28.4 Å². The van der Waals surface area contributed by atoms with E-state index in [1.165, 1.54) is 65.9 Å². The Morgan fingerprint density at radius 3 is 1.09 bits per heavy atom. The first-order chi connectivity index (χ1) is 26.3. The standard InChI is InChI=1S/C50H33N3/c1-2-14-36(15-3-1)52-47-24-12-13-25-48(47)53(50-44-21-7-5-17-40(44)39-16-4-6-20-43(39)49(50)52)38-32-28-35(29-33-38)34-26-30-37(31-27-34)51-45-22-10-8-18-41(45)42-19-9-11-23-46(42)51/h1-33H. The van der Waals surface area contributed by atoms with Crippen molar-refractivity contribution in [3.8, 4) is 16.8 Å². The highest BCUT2D eigenvalue weighted by Gasteiger charge is 2.33. The first-order valence-electron chi connectivity index (χ1n) is 18.2. The number of para-hydroxylation sites is 5. The molecule has 1 aromatic heterocycles. The molecule has 0 bridgehead atoms. The summed E-state index contributed by atoms with van der Waals surface area (Å²) in [6, 6.07) is 72.6. The zero-order chi connectivity index (χ0) is 34.9. The number of rotatable bonds is 4. The fraction of sp³-hybridized carbons (Fsp3) is 0. The number of anilines is 6. The van der Waals surface area contributed by atoms with Gasteiger partial charge in [-0.3, -0.25) is 0 Å². The Labute approximate surface area is 307 Å². The van der Waals surface area contributed by atoms with Crippen LogP contribution in [0.15, 0.2) is 200 Å². The van der Waals surface area contributed by atoms with Gasteiger partial charge in [0.05, 0.1) is 33.8 Å². The summed E-state index contributed by atoms with van der Waals surface area (Å²) in [5.74, 6) is 0. The van der Waals surface area contributed by atoms with Crippen LogP contribution in [0.3, 0.4) is 0 Å². The minimum Gasteiger partial charge on any atom is -0.309 e. The number of hydrogen-bond donors (Lipinski definition) is 0. The predicted molar refractivity (Wildman–Crippen MR) is 224 cm³/mol. The molecule has 1 aliphatic rings. The molecule has 3 heteroatoms. The van der Waals surface area contributed by atoms with Crippen LogP contribution in [0.5, 0.6) is 0 Å². The van der Waals surface area contributed by atoms with E-state index in [4.69, 9.17) is 0 Å². The normalized spacial score (nSPS) is 12.5. The number of aromatic nitrogens is 1. The zero-order valence-electron chi connectivity index (χ0n) is 28.9. The van der Waals surface area contributed by atoms with Gasteiger partial charge < -0.3 is 14.4 Å². The molecule has 1 aliphatic heterocycles. The molecule has 11 rings (SSSR count). The Balaban J connectivity index is 1.06. The summed E-state index contributed by atoms with van der Waals surface area (Å²) in [7, 11) is 0. The monoisotopic (exact) mass is 675 g/mol. The van der Waals surface area contributed by atoms with Gasteiger partial charge in [-0.2, -0.15) is 0 Å². The topological polar surface area (TPSA) is 11.4 Å². The maximum Gasteiger partial charge on any atom is 0.0788 e. The molecular weight excluding hydrogens is 643 g/mol. The molecule has 9 aromatic carbocycles. The Morgan fingerprint density at radius 1 is 0.245 bits per heavy atom. The molecule has 0 saturated heterocycles. The fourth-order valence-electron chi connectivity index (χ4n) is 8.56. The number of nitrogens with zero attached hydrogens (tertiary/aromatic N) is 3. The van der Waals surface area contributed by atoms with Crippen molar-refractivity contribution in [3.63, 3.8) is 0 Å². The van der Waals surface area contributed by atoms with E-state index in [9.17, 15) is 0 Å². The lowest BCUT2D eigenvalue weighted by molar-refractivity contribution is 1.18. The summed E-state index contributed by atoms with van der Waals surface area (Å²) in [4.78, 5) is 4.91. The zero-order valence-corrected chi connectivity index (χ0v) is 28.9. The van der Waals surface area contributed by atoms with Crippen LogP contribution in [0.1, 0.15) is 0 Å². The smallest absolute Gasteiger partial charge is 0.0788 e. The molecule has 248 valence electrons. The maximum absolute atomic E-state index is 2.47. The largest absolute Gasteiger partial charge is 0.309 e. The van der Waals surface area contributed by atoms with E-state index >= 15 is 0 Å². The molecule has 0 radical (unpaired) electrons. The average Bonchev–Trinajstić information content (AvgIpc) is 3.58. The number of benzene rings is 9. The van der Waals surface area contributed by atoms with Gasteiger partial charge in [0.15, 0.2) is 0 Å². The lowest BCUT2D eigenvalue weighted by Gasteiger charge is -2.42. The molecule has 3 nitrogen and oxygen atoms in total. The summed E-state index contributed by atoms with van der Waals surface area (Å²) in [6.45, 7) is 0. The van der Waals surface area contributed by atoms with E-state index in [0.29, 0.717) is 0 Å². The lowest BCUT2D eigenvalue weighted by atomic mass is 9.93. The van der Waals surface area contributed by atoms with Gasteiger partial charge in [0, 0.05) is 38.6 Å². The molecule has 0 atom stereocenters. The van der Waals surface area contributed by atoms with E-state index in [2.05, 4.69) is 215 Å². The van der Waals surface area contributed by atoms with Crippen LogP contribution in [-0.4, -0.2) is 4.57 Å². The van der Waals surface area contributed by atoms with Gasteiger partial charge in [0.25, 0.3) is 0 Å². The molecule has 0 aliphatic carbocycles. The van der Waals surface area contributed by atoms with Crippen molar-refractivity contribution in [1.29, 1.82) is 0 Å². The summed E-state index contributed by atoms with van der Waals surface area (Å²) in [5.41, 5.74) is 12.9. The van der Waals surface area contributed by atoms with Crippen molar-refractivity contribution in [1.82, 2.24) is 4.57 Å². The Kier molecular flexibility index (Phi) is 6.55.